The van der Waals surface area contributed by atoms with E-state index >= 15 is 0 Å². The molecule has 0 aromatic heterocycles. The summed E-state index contributed by atoms with van der Waals surface area (Å²) in [6.45, 7) is 0. The molecule has 0 amide bonds. The molecular formula is C8H7IO2S. The topological polar surface area (TPSA) is 37.3 Å². The molecule has 2 nitrogen and oxygen atoms in total. The van der Waals surface area contributed by atoms with E-state index in [-0.39, 0.29) is 0 Å². The van der Waals surface area contributed by atoms with Crippen LogP contribution in [0.3, 0.4) is 0 Å². The molecule has 0 aliphatic rings. The molecule has 0 saturated carbocycles. The van der Waals surface area contributed by atoms with Gasteiger partial charge in [-0.3, -0.25) is 0 Å². The molecule has 64 valence electrons. The van der Waals surface area contributed by atoms with Crippen molar-refractivity contribution in [2.75, 3.05) is 6.26 Å². The first kappa shape index (κ1) is 9.85. The highest BCUT2D eigenvalue weighted by Gasteiger charge is 2.10. The largest absolute Gasteiger partial charge is 0.478 e. The van der Waals surface area contributed by atoms with Crippen molar-refractivity contribution in [3.8, 4) is 0 Å². The van der Waals surface area contributed by atoms with Gasteiger partial charge in [0.2, 0.25) is 0 Å². The van der Waals surface area contributed by atoms with Gasteiger partial charge in [0.25, 0.3) is 0 Å². The summed E-state index contributed by atoms with van der Waals surface area (Å²) in [5.74, 6) is -0.863. The molecule has 0 spiro atoms. The molecule has 0 aliphatic carbocycles. The predicted octanol–water partition coefficient (Wildman–Crippen LogP) is 2.71. The van der Waals surface area contributed by atoms with Gasteiger partial charge in [-0.2, -0.15) is 0 Å². The summed E-state index contributed by atoms with van der Waals surface area (Å²) in [5, 5.41) is 8.80. The highest BCUT2D eigenvalue weighted by atomic mass is 127. The molecular weight excluding hydrogens is 287 g/mol. The summed E-state index contributed by atoms with van der Waals surface area (Å²) in [6.07, 6.45) is 1.88. The molecule has 0 heterocycles. The van der Waals surface area contributed by atoms with Gasteiger partial charge in [-0.15, -0.1) is 11.8 Å². The van der Waals surface area contributed by atoms with Crippen LogP contribution in [0.1, 0.15) is 10.4 Å². The van der Waals surface area contributed by atoms with Crippen molar-refractivity contribution in [1.82, 2.24) is 0 Å². The van der Waals surface area contributed by atoms with E-state index in [2.05, 4.69) is 22.6 Å². The summed E-state index contributed by atoms with van der Waals surface area (Å²) in [6, 6.07) is 5.28. The number of rotatable bonds is 2. The Bertz CT molecular complexity index is 312. The van der Waals surface area contributed by atoms with E-state index < -0.39 is 5.97 Å². The van der Waals surface area contributed by atoms with E-state index in [0.29, 0.717) is 5.56 Å². The monoisotopic (exact) mass is 294 g/mol. The fourth-order valence-corrected chi connectivity index (χ4v) is 2.68. The SMILES string of the molecule is CSc1c(I)cccc1C(=O)O. The third-order valence-corrected chi connectivity index (χ3v) is 3.51. The number of carboxylic acid groups (broad SMARTS) is 1. The Kier molecular flexibility index (Phi) is 3.39. The van der Waals surface area contributed by atoms with Crippen molar-refractivity contribution in [3.63, 3.8) is 0 Å². The number of halogens is 1. The zero-order valence-corrected chi connectivity index (χ0v) is 9.35. The van der Waals surface area contributed by atoms with Crippen LogP contribution in [0, 0.1) is 3.57 Å². The second-order valence-electron chi connectivity index (χ2n) is 2.13. The Hall–Kier alpha value is -0.230. The number of hydrogen-bond acceptors (Lipinski definition) is 2. The summed E-state index contributed by atoms with van der Waals surface area (Å²) < 4.78 is 0.986. The Morgan fingerprint density at radius 2 is 2.25 bits per heavy atom. The first-order valence-corrected chi connectivity index (χ1v) is 5.53. The Balaban J connectivity index is 3.27. The quantitative estimate of drug-likeness (QED) is 0.673. The highest BCUT2D eigenvalue weighted by molar-refractivity contribution is 14.1. The zero-order valence-electron chi connectivity index (χ0n) is 6.37. The number of aromatic carboxylic acids is 1. The second-order valence-corrected chi connectivity index (χ2v) is 4.10. The molecule has 0 saturated heterocycles. The lowest BCUT2D eigenvalue weighted by Gasteiger charge is -2.03. The van der Waals surface area contributed by atoms with Crippen LogP contribution in [0.15, 0.2) is 23.1 Å². The van der Waals surface area contributed by atoms with Crippen LogP contribution in [0.4, 0.5) is 0 Å². The van der Waals surface area contributed by atoms with Gasteiger partial charge in [-0.05, 0) is 41.0 Å². The molecule has 1 N–H and O–H groups in total. The minimum atomic E-state index is -0.863. The van der Waals surface area contributed by atoms with Crippen LogP contribution in [0.5, 0.6) is 0 Å². The number of hydrogen-bond donors (Lipinski definition) is 1. The number of carboxylic acids is 1. The Morgan fingerprint density at radius 3 is 2.67 bits per heavy atom. The Morgan fingerprint density at radius 1 is 1.58 bits per heavy atom. The van der Waals surface area contributed by atoms with Gasteiger partial charge in [0, 0.05) is 8.47 Å². The van der Waals surface area contributed by atoms with Crippen LogP contribution in [-0.4, -0.2) is 17.3 Å². The van der Waals surface area contributed by atoms with Gasteiger partial charge >= 0.3 is 5.97 Å². The molecule has 0 unspecified atom stereocenters. The minimum Gasteiger partial charge on any atom is -0.478 e. The molecule has 0 radical (unpaired) electrons. The van der Waals surface area contributed by atoms with E-state index in [9.17, 15) is 4.79 Å². The molecule has 12 heavy (non-hydrogen) atoms. The lowest BCUT2D eigenvalue weighted by atomic mass is 10.2. The second kappa shape index (κ2) is 4.13. The Labute approximate surface area is 88.5 Å². The van der Waals surface area contributed by atoms with Crippen molar-refractivity contribution >= 4 is 40.3 Å². The third-order valence-electron chi connectivity index (χ3n) is 1.40. The summed E-state index contributed by atoms with van der Waals surface area (Å²) in [4.78, 5) is 11.6. The molecule has 0 atom stereocenters. The predicted molar refractivity (Wildman–Crippen MR) is 57.9 cm³/mol. The average Bonchev–Trinajstić information content (AvgIpc) is 2.03. The number of thioether (sulfide) groups is 1. The fourth-order valence-electron chi connectivity index (χ4n) is 0.885. The minimum absolute atomic E-state index is 0.384. The van der Waals surface area contributed by atoms with E-state index in [1.807, 2.05) is 12.3 Å². The number of benzene rings is 1. The van der Waals surface area contributed by atoms with Crippen molar-refractivity contribution in [3.05, 3.63) is 27.3 Å². The first-order chi connectivity index (χ1) is 5.66. The lowest BCUT2D eigenvalue weighted by molar-refractivity contribution is 0.0693. The highest BCUT2D eigenvalue weighted by Crippen LogP contribution is 2.26. The number of carbonyl (C=O) groups is 1. The van der Waals surface area contributed by atoms with Crippen LogP contribution >= 0.6 is 34.4 Å². The standard InChI is InChI=1S/C8H7IO2S/c1-12-7-5(8(10)11)3-2-4-6(7)9/h2-4H,1H3,(H,10,11). The van der Waals surface area contributed by atoms with E-state index in [0.717, 1.165) is 8.47 Å². The first-order valence-electron chi connectivity index (χ1n) is 3.22. The van der Waals surface area contributed by atoms with Crippen molar-refractivity contribution in [2.24, 2.45) is 0 Å². The zero-order chi connectivity index (χ0) is 9.14. The molecule has 1 aromatic carbocycles. The van der Waals surface area contributed by atoms with Crippen LogP contribution in [-0.2, 0) is 0 Å². The third kappa shape index (κ3) is 1.92. The average molecular weight is 294 g/mol. The van der Waals surface area contributed by atoms with Gasteiger partial charge in [0.1, 0.15) is 0 Å². The molecule has 4 heteroatoms. The van der Waals surface area contributed by atoms with Crippen LogP contribution < -0.4 is 0 Å². The van der Waals surface area contributed by atoms with Gasteiger partial charge in [-0.25, -0.2) is 4.79 Å². The normalized spacial score (nSPS) is 9.83. The fraction of sp³-hybridized carbons (Fsp3) is 0.125. The van der Waals surface area contributed by atoms with Crippen LogP contribution in [0.2, 0.25) is 0 Å². The van der Waals surface area contributed by atoms with Gasteiger partial charge < -0.3 is 5.11 Å². The van der Waals surface area contributed by atoms with E-state index in [1.54, 1.807) is 12.1 Å². The molecule has 0 aliphatic heterocycles. The smallest absolute Gasteiger partial charge is 0.336 e. The van der Waals surface area contributed by atoms with Gasteiger partial charge in [-0.1, -0.05) is 6.07 Å². The maximum atomic E-state index is 10.7. The van der Waals surface area contributed by atoms with Crippen molar-refractivity contribution in [1.29, 1.82) is 0 Å². The van der Waals surface area contributed by atoms with E-state index in [1.165, 1.54) is 11.8 Å². The molecule has 1 rings (SSSR count). The molecule has 1 aromatic rings. The lowest BCUT2D eigenvalue weighted by Crippen LogP contribution is -1.99. The maximum absolute atomic E-state index is 10.7. The van der Waals surface area contributed by atoms with Crippen molar-refractivity contribution < 1.29 is 9.90 Å². The van der Waals surface area contributed by atoms with Gasteiger partial charge in [0.05, 0.1) is 5.56 Å². The molecule has 0 fully saturated rings. The maximum Gasteiger partial charge on any atom is 0.336 e. The van der Waals surface area contributed by atoms with Crippen molar-refractivity contribution in [2.45, 2.75) is 4.90 Å². The molecule has 0 bridgehead atoms. The summed E-state index contributed by atoms with van der Waals surface area (Å²) >= 11 is 3.60. The van der Waals surface area contributed by atoms with E-state index in [4.69, 9.17) is 5.11 Å². The van der Waals surface area contributed by atoms with Gasteiger partial charge in [0.15, 0.2) is 0 Å². The van der Waals surface area contributed by atoms with Crippen LogP contribution in [0.25, 0.3) is 0 Å². The summed E-state index contributed by atoms with van der Waals surface area (Å²) in [7, 11) is 0. The summed E-state index contributed by atoms with van der Waals surface area (Å²) in [5.41, 5.74) is 0.384.